The molecule has 0 saturated carbocycles. The molecule has 1 aromatic heterocycles. The molecule has 1 aromatic carbocycles. The van der Waals surface area contributed by atoms with Gasteiger partial charge in [-0.2, -0.15) is 5.26 Å². The molecule has 3 rings (SSSR count). The molecule has 0 amide bonds. The van der Waals surface area contributed by atoms with Gasteiger partial charge in [-0.25, -0.2) is 4.98 Å². The van der Waals surface area contributed by atoms with Gasteiger partial charge in [-0.05, 0) is 24.5 Å². The zero-order valence-corrected chi connectivity index (χ0v) is 16.4. The fourth-order valence-corrected chi connectivity index (χ4v) is 3.24. The maximum absolute atomic E-state index is 12.2. The molecule has 0 unspecified atom stereocenters. The van der Waals surface area contributed by atoms with Crippen LogP contribution in [0.3, 0.4) is 0 Å². The molecule has 26 heavy (non-hydrogen) atoms. The first-order valence-electron chi connectivity index (χ1n) is 7.86. The van der Waals surface area contributed by atoms with Crippen molar-refractivity contribution < 1.29 is 14.2 Å². The van der Waals surface area contributed by atoms with Gasteiger partial charge in [-0.3, -0.25) is 4.79 Å². The third kappa shape index (κ3) is 4.27. The Morgan fingerprint density at radius 3 is 2.92 bits per heavy atom. The van der Waals surface area contributed by atoms with E-state index in [1.54, 1.807) is 18.4 Å². The van der Waals surface area contributed by atoms with Crippen LogP contribution in [0.5, 0.6) is 5.75 Å². The van der Waals surface area contributed by atoms with E-state index in [0.29, 0.717) is 48.4 Å². The summed E-state index contributed by atoms with van der Waals surface area (Å²) < 4.78 is 17.5. The van der Waals surface area contributed by atoms with E-state index in [0.717, 1.165) is 4.47 Å². The Morgan fingerprint density at radius 2 is 2.23 bits per heavy atom. The van der Waals surface area contributed by atoms with Gasteiger partial charge in [-0.15, -0.1) is 0 Å². The minimum absolute atomic E-state index is 0.0480. The number of H-pyrrole nitrogens is 1. The highest BCUT2D eigenvalue weighted by Gasteiger charge is 2.19. The monoisotopic (exact) mass is 437 g/mol. The second-order valence-corrected chi connectivity index (χ2v) is 7.07. The summed E-state index contributed by atoms with van der Waals surface area (Å²) in [5, 5.41) is 9.83. The molecule has 7 nitrogen and oxygen atoms in total. The second-order valence-electron chi connectivity index (χ2n) is 5.36. The number of thioether (sulfide) groups is 1. The summed E-state index contributed by atoms with van der Waals surface area (Å²) in [4.78, 5) is 19.2. The van der Waals surface area contributed by atoms with Crippen LogP contribution in [-0.4, -0.2) is 42.3 Å². The van der Waals surface area contributed by atoms with Crippen LogP contribution >= 0.6 is 27.7 Å². The number of aromatic amines is 1. The normalized spacial score (nSPS) is 14.3. The van der Waals surface area contributed by atoms with Crippen LogP contribution in [0.15, 0.2) is 32.6 Å². The summed E-state index contributed by atoms with van der Waals surface area (Å²) in [5.74, 6) is 0.535. The fraction of sp³-hybridized carbons (Fsp3) is 0.353. The molecular weight excluding hydrogens is 422 g/mol. The number of benzene rings is 1. The van der Waals surface area contributed by atoms with Crippen LogP contribution in [0.25, 0.3) is 11.3 Å². The third-order valence-corrected chi connectivity index (χ3v) is 4.77. The fourth-order valence-electron chi connectivity index (χ4n) is 2.50. The molecule has 136 valence electrons. The van der Waals surface area contributed by atoms with Gasteiger partial charge >= 0.3 is 0 Å². The average Bonchev–Trinajstić information content (AvgIpc) is 3.15. The van der Waals surface area contributed by atoms with E-state index in [1.807, 2.05) is 12.1 Å². The molecule has 1 saturated heterocycles. The number of aromatic nitrogens is 2. The van der Waals surface area contributed by atoms with E-state index in [-0.39, 0.29) is 11.9 Å². The molecular formula is C17H16BrN3O4S. The predicted octanol–water partition coefficient (Wildman–Crippen LogP) is 2.93. The van der Waals surface area contributed by atoms with Gasteiger partial charge in [-0.1, -0.05) is 27.7 Å². The van der Waals surface area contributed by atoms with Crippen molar-refractivity contribution in [1.29, 1.82) is 5.26 Å². The van der Waals surface area contributed by atoms with Crippen LogP contribution in [0.2, 0.25) is 0 Å². The van der Waals surface area contributed by atoms with Crippen molar-refractivity contribution >= 4 is 27.7 Å². The average molecular weight is 438 g/mol. The lowest BCUT2D eigenvalue weighted by molar-refractivity contribution is -0.0531. The second kappa shape index (κ2) is 8.68. The van der Waals surface area contributed by atoms with E-state index in [2.05, 4.69) is 25.9 Å². The smallest absolute Gasteiger partial charge is 0.270 e. The Hall–Kier alpha value is -1.86. The molecule has 1 fully saturated rings. The van der Waals surface area contributed by atoms with E-state index in [1.165, 1.54) is 11.8 Å². The van der Waals surface area contributed by atoms with Crippen LogP contribution in [0, 0.1) is 11.3 Å². The maximum Gasteiger partial charge on any atom is 0.270 e. The lowest BCUT2D eigenvalue weighted by Crippen LogP contribution is -2.15. The summed E-state index contributed by atoms with van der Waals surface area (Å²) in [5.41, 5.74) is 0.351. The van der Waals surface area contributed by atoms with Crippen molar-refractivity contribution in [2.45, 2.75) is 17.9 Å². The Balaban J connectivity index is 1.94. The van der Waals surface area contributed by atoms with Gasteiger partial charge in [0.1, 0.15) is 23.1 Å². The Kier molecular flexibility index (Phi) is 6.32. The number of rotatable bonds is 6. The van der Waals surface area contributed by atoms with Gasteiger partial charge in [0.15, 0.2) is 11.4 Å². The first kappa shape index (κ1) is 18.9. The van der Waals surface area contributed by atoms with E-state index < -0.39 is 5.56 Å². The molecule has 2 aromatic rings. The van der Waals surface area contributed by atoms with Crippen LogP contribution in [0.4, 0.5) is 0 Å². The van der Waals surface area contributed by atoms with Crippen molar-refractivity contribution in [2.75, 3.05) is 26.1 Å². The molecule has 9 heteroatoms. The quantitative estimate of drug-likeness (QED) is 0.547. The minimum atomic E-state index is -0.472. The zero-order chi connectivity index (χ0) is 18.5. The van der Waals surface area contributed by atoms with Crippen molar-refractivity contribution in [1.82, 2.24) is 9.97 Å². The summed E-state index contributed by atoms with van der Waals surface area (Å²) >= 11 is 4.71. The van der Waals surface area contributed by atoms with Crippen molar-refractivity contribution in [3.8, 4) is 23.1 Å². The van der Waals surface area contributed by atoms with Crippen LogP contribution in [0.1, 0.15) is 12.0 Å². The molecule has 1 N–H and O–H groups in total. The molecule has 0 spiro atoms. The largest absolute Gasteiger partial charge is 0.493 e. The topological polar surface area (TPSA) is 97.2 Å². The lowest BCUT2D eigenvalue weighted by atomic mass is 10.1. The number of halogens is 1. The first-order valence-corrected chi connectivity index (χ1v) is 9.88. The van der Waals surface area contributed by atoms with E-state index in [9.17, 15) is 10.1 Å². The van der Waals surface area contributed by atoms with Gasteiger partial charge in [0.25, 0.3) is 5.56 Å². The third-order valence-electron chi connectivity index (χ3n) is 3.70. The highest BCUT2D eigenvalue weighted by atomic mass is 79.9. The lowest BCUT2D eigenvalue weighted by Gasteiger charge is -2.14. The Bertz CT molecular complexity index is 891. The van der Waals surface area contributed by atoms with Crippen LogP contribution in [-0.2, 0) is 9.47 Å². The zero-order valence-electron chi connectivity index (χ0n) is 14.0. The molecule has 1 aliphatic heterocycles. The van der Waals surface area contributed by atoms with Gasteiger partial charge in [0.2, 0.25) is 0 Å². The molecule has 2 heterocycles. The number of ether oxygens (including phenoxy) is 3. The summed E-state index contributed by atoms with van der Waals surface area (Å²) in [6.07, 6.45) is 2.12. The number of hydrogen-bond donors (Lipinski definition) is 1. The number of nitrogens with zero attached hydrogens (tertiary/aromatic N) is 2. The maximum atomic E-state index is 12.2. The number of nitriles is 1. The summed E-state index contributed by atoms with van der Waals surface area (Å²) in [6.45, 7) is 1.56. The standard InChI is InChI=1S/C17H16BrN3O4S/c1-26-17-20-15(12(9-19)16(22)21-17)11-8-10(18)2-3-13(11)23-5-4-14-24-6-7-25-14/h2-3,8,14H,4-7H2,1H3,(H,20,21,22). The first-order chi connectivity index (χ1) is 12.6. The SMILES string of the molecule is CSc1nc(-c2cc(Br)ccc2OCCC2OCCO2)c(C#N)c(=O)[nH]1. The van der Waals surface area contributed by atoms with Crippen molar-refractivity contribution in [3.05, 3.63) is 38.6 Å². The van der Waals surface area contributed by atoms with Crippen molar-refractivity contribution in [2.24, 2.45) is 0 Å². The van der Waals surface area contributed by atoms with Gasteiger partial charge in [0, 0.05) is 16.5 Å². The molecule has 0 radical (unpaired) electrons. The predicted molar refractivity (Wildman–Crippen MR) is 100 cm³/mol. The van der Waals surface area contributed by atoms with Crippen LogP contribution < -0.4 is 10.3 Å². The molecule has 0 bridgehead atoms. The highest BCUT2D eigenvalue weighted by Crippen LogP contribution is 2.33. The van der Waals surface area contributed by atoms with Crippen molar-refractivity contribution in [3.63, 3.8) is 0 Å². The van der Waals surface area contributed by atoms with Gasteiger partial charge < -0.3 is 19.2 Å². The Labute approximate surface area is 162 Å². The molecule has 1 aliphatic rings. The molecule has 0 aliphatic carbocycles. The van der Waals surface area contributed by atoms with E-state index >= 15 is 0 Å². The minimum Gasteiger partial charge on any atom is -0.493 e. The summed E-state index contributed by atoms with van der Waals surface area (Å²) in [6, 6.07) is 7.32. The Morgan fingerprint density at radius 1 is 1.46 bits per heavy atom. The number of nitrogens with one attached hydrogen (secondary N) is 1. The number of hydrogen-bond acceptors (Lipinski definition) is 7. The molecule has 0 atom stereocenters. The summed E-state index contributed by atoms with van der Waals surface area (Å²) in [7, 11) is 0. The van der Waals surface area contributed by atoms with Gasteiger partial charge in [0.05, 0.1) is 19.8 Å². The highest BCUT2D eigenvalue weighted by molar-refractivity contribution is 9.10. The van der Waals surface area contributed by atoms with E-state index in [4.69, 9.17) is 14.2 Å².